The highest BCUT2D eigenvalue weighted by Gasteiger charge is 2.42. The molecule has 0 bridgehead atoms. The lowest BCUT2D eigenvalue weighted by Gasteiger charge is -2.24. The number of alkyl halides is 3. The maximum atomic E-state index is 13.1. The number of rotatable bonds is 13. The zero-order valence-corrected chi connectivity index (χ0v) is 21.6. The van der Waals surface area contributed by atoms with Crippen molar-refractivity contribution in [1.82, 2.24) is 0 Å². The molecule has 0 heterocycles. The molecule has 0 saturated heterocycles. The molecule has 0 spiro atoms. The van der Waals surface area contributed by atoms with E-state index in [0.29, 0.717) is 11.4 Å². The van der Waals surface area contributed by atoms with Gasteiger partial charge in [-0.15, -0.1) is 0 Å². The van der Waals surface area contributed by atoms with Gasteiger partial charge in [-0.3, -0.25) is 9.59 Å². The zero-order valence-electron chi connectivity index (χ0n) is 20.1. The lowest BCUT2D eigenvalue weighted by Crippen LogP contribution is -2.41. The van der Waals surface area contributed by atoms with Crippen LogP contribution < -0.4 is 4.90 Å². The summed E-state index contributed by atoms with van der Waals surface area (Å²) >= 11 is 11.2. The number of unbranched alkanes of at least 4 members (excludes halogenated alkanes) is 9. The van der Waals surface area contributed by atoms with Crippen molar-refractivity contribution in [3.8, 4) is 11.8 Å². The fourth-order valence-electron chi connectivity index (χ4n) is 3.69. The highest BCUT2D eigenvalue weighted by molar-refractivity contribution is 6.67. The number of amides is 1. The van der Waals surface area contributed by atoms with Crippen molar-refractivity contribution < 1.29 is 22.8 Å². The van der Waals surface area contributed by atoms with Crippen LogP contribution in [0.2, 0.25) is 5.02 Å². The number of benzene rings is 2. The van der Waals surface area contributed by atoms with Crippen LogP contribution in [0.1, 0.15) is 80.1 Å². The zero-order chi connectivity index (χ0) is 26.4. The van der Waals surface area contributed by atoms with Crippen LogP contribution in [0.15, 0.2) is 48.5 Å². The molecule has 0 fully saturated rings. The van der Waals surface area contributed by atoms with Crippen LogP contribution in [0.25, 0.3) is 0 Å². The van der Waals surface area contributed by atoms with Crippen molar-refractivity contribution >= 4 is 40.0 Å². The Morgan fingerprint density at radius 2 is 1.31 bits per heavy atom. The Hall–Kier alpha value is -2.49. The molecule has 2 aromatic carbocycles. The minimum absolute atomic E-state index is 0.0381. The maximum absolute atomic E-state index is 13.1. The van der Waals surface area contributed by atoms with E-state index in [1.807, 2.05) is 24.3 Å². The largest absolute Gasteiger partial charge is 0.471 e. The van der Waals surface area contributed by atoms with E-state index in [2.05, 4.69) is 11.8 Å². The summed E-state index contributed by atoms with van der Waals surface area (Å²) in [5.41, 5.74) is 1.22. The first kappa shape index (κ1) is 29.7. The number of halogens is 5. The minimum atomic E-state index is -4.97. The summed E-state index contributed by atoms with van der Waals surface area (Å²) in [4.78, 5) is 23.8. The Morgan fingerprint density at radius 3 is 1.83 bits per heavy atom. The standard InChI is InChI=1S/C28H30Cl2F3NO2/c29-24-17-13-22(14-18-24)12-10-8-6-4-2-1-3-5-7-9-11-21-34(27(36)28(31,32)33)25-19-15-23(16-20-25)26(30)35/h13-20H,1-9,11,21H2. The van der Waals surface area contributed by atoms with Gasteiger partial charge in [-0.2, -0.15) is 13.2 Å². The van der Waals surface area contributed by atoms with Crippen molar-refractivity contribution in [1.29, 1.82) is 0 Å². The Kier molecular flexibility index (Phi) is 12.9. The van der Waals surface area contributed by atoms with Crippen LogP contribution in [0, 0.1) is 11.8 Å². The summed E-state index contributed by atoms with van der Waals surface area (Å²) in [5, 5.41) is -0.00880. The van der Waals surface area contributed by atoms with Crippen molar-refractivity contribution in [3.63, 3.8) is 0 Å². The Balaban J connectivity index is 1.60. The monoisotopic (exact) mass is 539 g/mol. The maximum Gasteiger partial charge on any atom is 0.471 e. The van der Waals surface area contributed by atoms with E-state index in [1.165, 1.54) is 24.3 Å². The van der Waals surface area contributed by atoms with E-state index >= 15 is 0 Å². The molecule has 0 unspecified atom stereocenters. The third-order valence-corrected chi connectivity index (χ3v) is 6.12. The summed E-state index contributed by atoms with van der Waals surface area (Å²) in [5.74, 6) is 4.40. The quantitative estimate of drug-likeness (QED) is 0.145. The summed E-state index contributed by atoms with van der Waals surface area (Å²) in [7, 11) is 0. The molecular weight excluding hydrogens is 510 g/mol. The highest BCUT2D eigenvalue weighted by atomic mass is 35.5. The van der Waals surface area contributed by atoms with Gasteiger partial charge >= 0.3 is 12.1 Å². The van der Waals surface area contributed by atoms with Gasteiger partial charge < -0.3 is 4.90 Å². The third kappa shape index (κ3) is 11.1. The second-order valence-corrected chi connectivity index (χ2v) is 9.30. The van der Waals surface area contributed by atoms with Crippen molar-refractivity contribution in [2.45, 2.75) is 70.4 Å². The first-order valence-electron chi connectivity index (χ1n) is 12.1. The first-order chi connectivity index (χ1) is 17.2. The molecule has 0 radical (unpaired) electrons. The second-order valence-electron chi connectivity index (χ2n) is 8.52. The lowest BCUT2D eigenvalue weighted by molar-refractivity contribution is -0.170. The van der Waals surface area contributed by atoms with E-state index in [0.717, 1.165) is 68.3 Å². The van der Waals surface area contributed by atoms with Crippen molar-refractivity contribution in [3.05, 3.63) is 64.7 Å². The molecule has 0 saturated carbocycles. The molecule has 36 heavy (non-hydrogen) atoms. The summed E-state index contributed by atoms with van der Waals surface area (Å²) in [6, 6.07) is 12.7. The predicted molar refractivity (Wildman–Crippen MR) is 140 cm³/mol. The molecule has 2 aromatic rings. The van der Waals surface area contributed by atoms with Gasteiger partial charge in [0, 0.05) is 34.8 Å². The van der Waals surface area contributed by atoms with E-state index in [9.17, 15) is 22.8 Å². The van der Waals surface area contributed by atoms with Gasteiger partial charge in [-0.05, 0) is 73.0 Å². The second kappa shape index (κ2) is 15.6. The van der Waals surface area contributed by atoms with E-state index in [-0.39, 0.29) is 17.8 Å². The van der Waals surface area contributed by atoms with Gasteiger partial charge in [0.25, 0.3) is 5.24 Å². The van der Waals surface area contributed by atoms with E-state index in [4.69, 9.17) is 23.2 Å². The van der Waals surface area contributed by atoms with Gasteiger partial charge in [0.2, 0.25) is 0 Å². The number of anilines is 1. The van der Waals surface area contributed by atoms with Gasteiger partial charge in [0.1, 0.15) is 0 Å². The molecule has 0 aliphatic rings. The SMILES string of the molecule is O=C(Cl)c1ccc(N(CCCCCCCCCCCC#Cc2ccc(Cl)cc2)C(=O)C(F)(F)F)cc1. The Morgan fingerprint density at radius 1 is 0.778 bits per heavy atom. The molecular formula is C28H30Cl2F3NO2. The third-order valence-electron chi connectivity index (χ3n) is 5.65. The van der Waals surface area contributed by atoms with Crippen LogP contribution >= 0.6 is 23.2 Å². The predicted octanol–water partition coefficient (Wildman–Crippen LogP) is 8.57. The fourth-order valence-corrected chi connectivity index (χ4v) is 3.94. The van der Waals surface area contributed by atoms with Crippen LogP contribution in [0.3, 0.4) is 0 Å². The molecule has 0 aromatic heterocycles. The smallest absolute Gasteiger partial charge is 0.305 e. The van der Waals surface area contributed by atoms with Crippen LogP contribution in [-0.2, 0) is 4.79 Å². The van der Waals surface area contributed by atoms with Gasteiger partial charge in [0.15, 0.2) is 0 Å². The summed E-state index contributed by atoms with van der Waals surface area (Å²) < 4.78 is 39.2. The molecule has 194 valence electrons. The molecule has 2 rings (SSSR count). The lowest BCUT2D eigenvalue weighted by atomic mass is 10.1. The van der Waals surface area contributed by atoms with Gasteiger partial charge in [-0.1, -0.05) is 68.4 Å². The summed E-state index contributed by atoms with van der Waals surface area (Å²) in [6.45, 7) is -0.0381. The molecule has 0 aliphatic heterocycles. The Bertz CT molecular complexity index is 1030. The normalized spacial score (nSPS) is 11.0. The first-order valence-corrected chi connectivity index (χ1v) is 12.9. The molecule has 3 nitrogen and oxygen atoms in total. The molecule has 0 atom stereocenters. The Labute approximate surface area is 221 Å². The molecule has 8 heteroatoms. The number of carbonyl (C=O) groups excluding carboxylic acids is 2. The molecule has 1 amide bonds. The number of hydrogen-bond donors (Lipinski definition) is 0. The number of carbonyl (C=O) groups is 2. The van der Waals surface area contributed by atoms with Gasteiger partial charge in [0.05, 0.1) is 0 Å². The van der Waals surface area contributed by atoms with E-state index in [1.54, 1.807) is 0 Å². The van der Waals surface area contributed by atoms with E-state index < -0.39 is 17.3 Å². The molecule has 0 N–H and O–H groups in total. The topological polar surface area (TPSA) is 37.4 Å². The average molecular weight is 540 g/mol. The average Bonchev–Trinajstić information content (AvgIpc) is 2.84. The van der Waals surface area contributed by atoms with Crippen LogP contribution in [0.5, 0.6) is 0 Å². The van der Waals surface area contributed by atoms with Crippen LogP contribution in [0.4, 0.5) is 18.9 Å². The summed E-state index contributed by atoms with van der Waals surface area (Å²) in [6.07, 6.45) is 4.52. The fraction of sp³-hybridized carbons (Fsp3) is 0.429. The number of nitrogens with zero attached hydrogens (tertiary/aromatic N) is 1. The van der Waals surface area contributed by atoms with Crippen LogP contribution in [-0.4, -0.2) is 23.9 Å². The molecule has 0 aliphatic carbocycles. The minimum Gasteiger partial charge on any atom is -0.305 e. The highest BCUT2D eigenvalue weighted by Crippen LogP contribution is 2.25. The van der Waals surface area contributed by atoms with Crippen molar-refractivity contribution in [2.24, 2.45) is 0 Å². The van der Waals surface area contributed by atoms with Crippen molar-refractivity contribution in [2.75, 3.05) is 11.4 Å². The van der Waals surface area contributed by atoms with Gasteiger partial charge in [-0.25, -0.2) is 0 Å². The number of hydrogen-bond acceptors (Lipinski definition) is 2.